The molecule has 84 valence electrons. The summed E-state index contributed by atoms with van der Waals surface area (Å²) in [5.74, 6) is -0.415. The minimum atomic E-state index is -0.415. The van der Waals surface area contributed by atoms with Gasteiger partial charge in [-0.3, -0.25) is 0 Å². The molecule has 1 saturated heterocycles. The lowest BCUT2D eigenvalue weighted by Gasteiger charge is -2.25. The van der Waals surface area contributed by atoms with Gasteiger partial charge < -0.3 is 4.90 Å². The van der Waals surface area contributed by atoms with Crippen LogP contribution in [0, 0.1) is 17.1 Å². The molecular weight excluding hydrogens is 203 g/mol. The Morgan fingerprint density at radius 2 is 2.38 bits per heavy atom. The van der Waals surface area contributed by atoms with Crippen LogP contribution in [0.15, 0.2) is 18.2 Å². The number of rotatable bonds is 2. The van der Waals surface area contributed by atoms with Crippen LogP contribution in [-0.2, 0) is 0 Å². The third-order valence-electron chi connectivity index (χ3n) is 3.25. The van der Waals surface area contributed by atoms with Crippen molar-refractivity contribution in [3.63, 3.8) is 0 Å². The standard InChI is InChI=1S/C13H15FN2/c1-2-11-4-3-7-16(11)12-6-5-10(9-15)13(14)8-12/h5-6,8,11H,2-4,7H2,1H3. The monoisotopic (exact) mass is 218 g/mol. The van der Waals surface area contributed by atoms with Crippen molar-refractivity contribution < 1.29 is 4.39 Å². The molecule has 1 fully saturated rings. The number of halogens is 1. The van der Waals surface area contributed by atoms with Gasteiger partial charge in [-0.1, -0.05) is 6.92 Å². The van der Waals surface area contributed by atoms with E-state index in [-0.39, 0.29) is 5.56 Å². The van der Waals surface area contributed by atoms with Crippen LogP contribution in [0.5, 0.6) is 0 Å². The van der Waals surface area contributed by atoms with E-state index in [1.165, 1.54) is 18.9 Å². The van der Waals surface area contributed by atoms with Crippen molar-refractivity contribution in [3.8, 4) is 6.07 Å². The van der Waals surface area contributed by atoms with Crippen LogP contribution in [0.4, 0.5) is 10.1 Å². The Labute approximate surface area is 95.3 Å². The van der Waals surface area contributed by atoms with Crippen molar-refractivity contribution in [2.45, 2.75) is 32.2 Å². The normalized spacial score (nSPS) is 19.8. The molecule has 2 rings (SSSR count). The van der Waals surface area contributed by atoms with Crippen LogP contribution >= 0.6 is 0 Å². The van der Waals surface area contributed by atoms with E-state index in [2.05, 4.69) is 11.8 Å². The number of nitriles is 1. The zero-order chi connectivity index (χ0) is 11.5. The third-order valence-corrected chi connectivity index (χ3v) is 3.25. The molecule has 1 atom stereocenters. The number of nitrogens with zero attached hydrogens (tertiary/aromatic N) is 2. The van der Waals surface area contributed by atoms with E-state index in [0.717, 1.165) is 18.7 Å². The van der Waals surface area contributed by atoms with Gasteiger partial charge in [0.15, 0.2) is 0 Å². The Balaban J connectivity index is 2.28. The smallest absolute Gasteiger partial charge is 0.143 e. The summed E-state index contributed by atoms with van der Waals surface area (Å²) in [4.78, 5) is 2.24. The molecule has 1 aliphatic rings. The molecule has 0 bridgehead atoms. The van der Waals surface area contributed by atoms with Gasteiger partial charge in [0.25, 0.3) is 0 Å². The van der Waals surface area contributed by atoms with Crippen molar-refractivity contribution >= 4 is 5.69 Å². The second kappa shape index (κ2) is 4.52. The predicted octanol–water partition coefficient (Wildman–Crippen LogP) is 3.08. The zero-order valence-corrected chi connectivity index (χ0v) is 9.41. The molecule has 0 N–H and O–H groups in total. The molecule has 3 heteroatoms. The first-order chi connectivity index (χ1) is 7.76. The van der Waals surface area contributed by atoms with E-state index < -0.39 is 5.82 Å². The number of anilines is 1. The van der Waals surface area contributed by atoms with E-state index in [1.807, 2.05) is 12.1 Å². The number of hydrogen-bond donors (Lipinski definition) is 0. The Morgan fingerprint density at radius 3 is 3.00 bits per heavy atom. The summed E-state index contributed by atoms with van der Waals surface area (Å²) in [6.45, 7) is 3.15. The Morgan fingerprint density at radius 1 is 1.56 bits per heavy atom. The van der Waals surface area contributed by atoms with Crippen LogP contribution in [0.1, 0.15) is 31.7 Å². The molecule has 0 saturated carbocycles. The van der Waals surface area contributed by atoms with Crippen molar-refractivity contribution in [2.24, 2.45) is 0 Å². The first kappa shape index (κ1) is 10.9. The minimum Gasteiger partial charge on any atom is -0.368 e. The molecule has 0 spiro atoms. The SMILES string of the molecule is CCC1CCCN1c1ccc(C#N)c(F)c1. The van der Waals surface area contributed by atoms with Gasteiger partial charge in [0, 0.05) is 18.3 Å². The summed E-state index contributed by atoms with van der Waals surface area (Å²) in [7, 11) is 0. The lowest BCUT2D eigenvalue weighted by atomic mass is 10.1. The van der Waals surface area contributed by atoms with Gasteiger partial charge >= 0.3 is 0 Å². The lowest BCUT2D eigenvalue weighted by molar-refractivity contribution is 0.616. The van der Waals surface area contributed by atoms with Crippen LogP contribution in [-0.4, -0.2) is 12.6 Å². The minimum absolute atomic E-state index is 0.121. The van der Waals surface area contributed by atoms with Gasteiger partial charge in [0.05, 0.1) is 5.56 Å². The molecule has 1 aromatic rings. The van der Waals surface area contributed by atoms with Crippen molar-refractivity contribution in [1.29, 1.82) is 5.26 Å². The Kier molecular flexibility index (Phi) is 3.09. The average molecular weight is 218 g/mol. The first-order valence-electron chi connectivity index (χ1n) is 5.72. The summed E-state index contributed by atoms with van der Waals surface area (Å²) in [5.41, 5.74) is 1.02. The maximum Gasteiger partial charge on any atom is 0.143 e. The fraction of sp³-hybridized carbons (Fsp3) is 0.462. The van der Waals surface area contributed by atoms with Crippen molar-refractivity contribution in [1.82, 2.24) is 0 Å². The fourth-order valence-electron chi connectivity index (χ4n) is 2.37. The number of benzene rings is 1. The van der Waals surface area contributed by atoms with E-state index in [4.69, 9.17) is 5.26 Å². The average Bonchev–Trinajstić information content (AvgIpc) is 2.77. The van der Waals surface area contributed by atoms with Crippen molar-refractivity contribution in [2.75, 3.05) is 11.4 Å². The van der Waals surface area contributed by atoms with Gasteiger partial charge in [-0.2, -0.15) is 5.26 Å². The predicted molar refractivity (Wildman–Crippen MR) is 61.8 cm³/mol. The first-order valence-corrected chi connectivity index (χ1v) is 5.72. The quantitative estimate of drug-likeness (QED) is 0.762. The topological polar surface area (TPSA) is 27.0 Å². The van der Waals surface area contributed by atoms with Gasteiger partial charge in [-0.15, -0.1) is 0 Å². The summed E-state index contributed by atoms with van der Waals surface area (Å²) in [6.07, 6.45) is 3.43. The number of hydrogen-bond acceptors (Lipinski definition) is 2. The zero-order valence-electron chi connectivity index (χ0n) is 9.41. The molecule has 16 heavy (non-hydrogen) atoms. The van der Waals surface area contributed by atoms with Gasteiger partial charge in [0.1, 0.15) is 11.9 Å². The summed E-state index contributed by atoms with van der Waals surface area (Å²) in [5, 5.41) is 8.67. The van der Waals surface area contributed by atoms with E-state index in [9.17, 15) is 4.39 Å². The van der Waals surface area contributed by atoms with E-state index in [1.54, 1.807) is 6.07 Å². The van der Waals surface area contributed by atoms with Crippen LogP contribution in [0.25, 0.3) is 0 Å². The van der Waals surface area contributed by atoms with Crippen molar-refractivity contribution in [3.05, 3.63) is 29.6 Å². The third kappa shape index (κ3) is 1.88. The highest BCUT2D eigenvalue weighted by Gasteiger charge is 2.23. The highest BCUT2D eigenvalue weighted by atomic mass is 19.1. The van der Waals surface area contributed by atoms with E-state index >= 15 is 0 Å². The van der Waals surface area contributed by atoms with Gasteiger partial charge in [-0.25, -0.2) is 4.39 Å². The largest absolute Gasteiger partial charge is 0.368 e. The Bertz CT molecular complexity index is 422. The summed E-state index contributed by atoms with van der Waals surface area (Å²) >= 11 is 0. The molecule has 1 heterocycles. The molecule has 0 amide bonds. The lowest BCUT2D eigenvalue weighted by Crippen LogP contribution is -2.28. The highest BCUT2D eigenvalue weighted by molar-refractivity contribution is 5.52. The Hall–Kier alpha value is -1.56. The van der Waals surface area contributed by atoms with Gasteiger partial charge in [0.2, 0.25) is 0 Å². The molecule has 0 aromatic heterocycles. The van der Waals surface area contributed by atoms with Crippen LogP contribution in [0.2, 0.25) is 0 Å². The molecule has 0 aliphatic carbocycles. The van der Waals surface area contributed by atoms with E-state index in [0.29, 0.717) is 6.04 Å². The van der Waals surface area contributed by atoms with Crippen LogP contribution in [0.3, 0.4) is 0 Å². The second-order valence-corrected chi connectivity index (χ2v) is 4.17. The molecule has 2 nitrogen and oxygen atoms in total. The van der Waals surface area contributed by atoms with Gasteiger partial charge in [-0.05, 0) is 37.5 Å². The summed E-state index contributed by atoms with van der Waals surface area (Å²) < 4.78 is 13.5. The summed E-state index contributed by atoms with van der Waals surface area (Å²) in [6, 6.07) is 7.25. The van der Waals surface area contributed by atoms with Crippen LogP contribution < -0.4 is 4.90 Å². The molecule has 1 unspecified atom stereocenters. The fourth-order valence-corrected chi connectivity index (χ4v) is 2.37. The highest BCUT2D eigenvalue weighted by Crippen LogP contribution is 2.28. The molecular formula is C13H15FN2. The molecule has 1 aliphatic heterocycles. The second-order valence-electron chi connectivity index (χ2n) is 4.17. The molecule has 0 radical (unpaired) electrons. The maximum absolute atomic E-state index is 13.5. The molecule has 1 aromatic carbocycles. The maximum atomic E-state index is 13.5.